The van der Waals surface area contributed by atoms with Gasteiger partial charge in [-0.2, -0.15) is 0 Å². The highest BCUT2D eigenvalue weighted by molar-refractivity contribution is 7.52. The molecule has 0 fully saturated rings. The summed E-state index contributed by atoms with van der Waals surface area (Å²) in [6.45, 7) is 0. The Hall–Kier alpha value is -2.52. The van der Waals surface area contributed by atoms with Crippen LogP contribution in [0.1, 0.15) is 16.9 Å². The number of hydrogen-bond acceptors (Lipinski definition) is 2. The zero-order valence-electron chi connectivity index (χ0n) is 13.3. The van der Waals surface area contributed by atoms with E-state index in [1.165, 1.54) is 0 Å². The van der Waals surface area contributed by atoms with Crippen LogP contribution in [0.2, 0.25) is 0 Å². The second-order valence-electron chi connectivity index (χ2n) is 5.99. The summed E-state index contributed by atoms with van der Waals surface area (Å²) in [6.07, 6.45) is 0. The topological polar surface area (TPSA) is 70.4 Å². The van der Waals surface area contributed by atoms with E-state index in [2.05, 4.69) is 4.98 Å². The summed E-state index contributed by atoms with van der Waals surface area (Å²) in [7, 11) is -4.46. The standard InChI is InChI=1S/C20H16NO3P/c22-25(23,24)20(17-10-5-8-14-6-1-3-9-16(14)17)19-13-12-15-7-2-4-11-18(15)21-19/h1-13,20H,(H2,22,23,24). The van der Waals surface area contributed by atoms with Gasteiger partial charge in [0.15, 0.2) is 0 Å². The largest absolute Gasteiger partial charge is 0.338 e. The predicted octanol–water partition coefficient (Wildman–Crippen LogP) is 4.66. The van der Waals surface area contributed by atoms with Crippen LogP contribution in [0.15, 0.2) is 78.9 Å². The van der Waals surface area contributed by atoms with Crippen LogP contribution in [0.5, 0.6) is 0 Å². The van der Waals surface area contributed by atoms with E-state index < -0.39 is 13.3 Å². The van der Waals surface area contributed by atoms with E-state index in [1.807, 2.05) is 66.7 Å². The molecule has 0 aliphatic rings. The second-order valence-corrected chi connectivity index (χ2v) is 7.68. The summed E-state index contributed by atoms with van der Waals surface area (Å²) in [6, 6.07) is 24.2. The minimum absolute atomic E-state index is 0.378. The van der Waals surface area contributed by atoms with Crippen LogP contribution in [0.4, 0.5) is 0 Å². The van der Waals surface area contributed by atoms with Gasteiger partial charge < -0.3 is 9.79 Å². The maximum Gasteiger partial charge on any atom is 0.338 e. The molecule has 4 aromatic rings. The summed E-state index contributed by atoms with van der Waals surface area (Å²) in [5.74, 6) is 0. The first-order valence-electron chi connectivity index (χ1n) is 7.92. The molecule has 1 heterocycles. The van der Waals surface area contributed by atoms with Gasteiger partial charge in [0.25, 0.3) is 0 Å². The Labute approximate surface area is 144 Å². The molecule has 124 valence electrons. The zero-order chi connectivity index (χ0) is 17.4. The van der Waals surface area contributed by atoms with Crippen molar-refractivity contribution >= 4 is 29.3 Å². The SMILES string of the molecule is O=P(O)(O)C(c1ccc2ccccc2n1)c1cccc2ccccc12. The number of benzene rings is 3. The summed E-state index contributed by atoms with van der Waals surface area (Å²) in [5, 5.41) is 2.71. The lowest BCUT2D eigenvalue weighted by Crippen LogP contribution is -2.05. The molecule has 0 amide bonds. The summed E-state index contributed by atoms with van der Waals surface area (Å²) < 4.78 is 12.4. The first kappa shape index (κ1) is 16.0. The van der Waals surface area contributed by atoms with Crippen molar-refractivity contribution in [1.82, 2.24) is 4.98 Å². The van der Waals surface area contributed by atoms with Gasteiger partial charge in [-0.25, -0.2) is 0 Å². The molecule has 0 saturated heterocycles. The van der Waals surface area contributed by atoms with E-state index in [1.54, 1.807) is 12.1 Å². The molecule has 0 aliphatic carbocycles. The Morgan fingerprint density at radius 3 is 2.24 bits per heavy atom. The molecular formula is C20H16NO3P. The lowest BCUT2D eigenvalue weighted by molar-refractivity contribution is 0.364. The van der Waals surface area contributed by atoms with Crippen molar-refractivity contribution in [2.75, 3.05) is 0 Å². The van der Waals surface area contributed by atoms with Crippen LogP contribution < -0.4 is 0 Å². The second kappa shape index (κ2) is 6.08. The first-order chi connectivity index (χ1) is 12.0. The third-order valence-electron chi connectivity index (χ3n) is 4.35. The molecule has 0 aliphatic heterocycles. The van der Waals surface area contributed by atoms with E-state index in [9.17, 15) is 14.4 Å². The molecule has 4 nitrogen and oxygen atoms in total. The van der Waals surface area contributed by atoms with Gasteiger partial charge in [0.1, 0.15) is 5.66 Å². The third-order valence-corrected chi connectivity index (χ3v) is 5.57. The molecule has 3 aromatic carbocycles. The molecule has 1 aromatic heterocycles. The molecule has 4 rings (SSSR count). The van der Waals surface area contributed by atoms with E-state index >= 15 is 0 Å². The van der Waals surface area contributed by atoms with E-state index in [0.29, 0.717) is 11.3 Å². The Morgan fingerprint density at radius 2 is 1.44 bits per heavy atom. The maximum atomic E-state index is 12.4. The van der Waals surface area contributed by atoms with Gasteiger partial charge in [-0.05, 0) is 28.5 Å². The number of para-hydroxylation sites is 1. The monoisotopic (exact) mass is 349 g/mol. The minimum atomic E-state index is -4.46. The van der Waals surface area contributed by atoms with Crippen molar-refractivity contribution in [1.29, 1.82) is 0 Å². The van der Waals surface area contributed by atoms with E-state index in [-0.39, 0.29) is 0 Å². The zero-order valence-corrected chi connectivity index (χ0v) is 14.2. The summed E-state index contributed by atoms with van der Waals surface area (Å²) in [5.41, 5.74) is 0.597. The number of hydrogen-bond donors (Lipinski definition) is 2. The van der Waals surface area contributed by atoms with Crippen LogP contribution in [-0.2, 0) is 4.57 Å². The fourth-order valence-corrected chi connectivity index (χ4v) is 4.31. The smallest absolute Gasteiger partial charge is 0.324 e. The average Bonchev–Trinajstić information content (AvgIpc) is 2.61. The fourth-order valence-electron chi connectivity index (χ4n) is 3.24. The van der Waals surface area contributed by atoms with Crippen molar-refractivity contribution in [3.05, 3.63) is 90.1 Å². The van der Waals surface area contributed by atoms with Crippen LogP contribution in [0.3, 0.4) is 0 Å². The van der Waals surface area contributed by atoms with Crippen LogP contribution >= 0.6 is 7.60 Å². The molecule has 5 heteroatoms. The third kappa shape index (κ3) is 2.96. The highest BCUT2D eigenvalue weighted by atomic mass is 31.2. The number of rotatable bonds is 3. The highest BCUT2D eigenvalue weighted by Gasteiger charge is 2.34. The van der Waals surface area contributed by atoms with Gasteiger partial charge in [0, 0.05) is 5.39 Å². The van der Waals surface area contributed by atoms with E-state index in [4.69, 9.17) is 0 Å². The molecular weight excluding hydrogens is 333 g/mol. The average molecular weight is 349 g/mol. The molecule has 1 atom stereocenters. The molecule has 0 spiro atoms. The van der Waals surface area contributed by atoms with Crippen molar-refractivity contribution in [3.63, 3.8) is 0 Å². The Balaban J connectivity index is 1.98. The van der Waals surface area contributed by atoms with Gasteiger partial charge in [0.05, 0.1) is 11.2 Å². The van der Waals surface area contributed by atoms with Crippen molar-refractivity contribution < 1.29 is 14.4 Å². The number of pyridine rings is 1. The normalized spacial score (nSPS) is 13.2. The molecule has 1 unspecified atom stereocenters. The Bertz CT molecular complexity index is 1110. The van der Waals surface area contributed by atoms with Gasteiger partial charge in [-0.3, -0.25) is 9.55 Å². The summed E-state index contributed by atoms with van der Waals surface area (Å²) in [4.78, 5) is 24.7. The number of nitrogens with zero attached hydrogens (tertiary/aromatic N) is 1. The molecule has 25 heavy (non-hydrogen) atoms. The quantitative estimate of drug-likeness (QED) is 0.528. The van der Waals surface area contributed by atoms with E-state index in [0.717, 1.165) is 21.7 Å². The van der Waals surface area contributed by atoms with Gasteiger partial charge in [-0.15, -0.1) is 0 Å². The van der Waals surface area contributed by atoms with Crippen LogP contribution in [-0.4, -0.2) is 14.8 Å². The lowest BCUT2D eigenvalue weighted by atomic mass is 10.00. The molecule has 0 radical (unpaired) electrons. The minimum Gasteiger partial charge on any atom is -0.324 e. The number of fused-ring (bicyclic) bond motifs is 2. The highest BCUT2D eigenvalue weighted by Crippen LogP contribution is 2.56. The van der Waals surface area contributed by atoms with Crippen LogP contribution in [0.25, 0.3) is 21.7 Å². The predicted molar refractivity (Wildman–Crippen MR) is 99.6 cm³/mol. The lowest BCUT2D eigenvalue weighted by Gasteiger charge is -2.20. The fraction of sp³-hybridized carbons (Fsp3) is 0.0500. The van der Waals surface area contributed by atoms with Crippen molar-refractivity contribution in [3.8, 4) is 0 Å². The molecule has 2 N–H and O–H groups in total. The summed E-state index contributed by atoms with van der Waals surface area (Å²) >= 11 is 0. The number of aromatic nitrogens is 1. The van der Waals surface area contributed by atoms with Gasteiger partial charge >= 0.3 is 7.60 Å². The maximum absolute atomic E-state index is 12.4. The van der Waals surface area contributed by atoms with Crippen molar-refractivity contribution in [2.45, 2.75) is 5.66 Å². The van der Waals surface area contributed by atoms with Crippen molar-refractivity contribution in [2.24, 2.45) is 0 Å². The first-order valence-corrected chi connectivity index (χ1v) is 9.61. The molecule has 0 bridgehead atoms. The van der Waals surface area contributed by atoms with Gasteiger partial charge in [-0.1, -0.05) is 66.7 Å². The van der Waals surface area contributed by atoms with Crippen LogP contribution in [0, 0.1) is 0 Å². The molecule has 0 saturated carbocycles. The Kier molecular flexibility index (Phi) is 3.89. The van der Waals surface area contributed by atoms with Gasteiger partial charge in [0.2, 0.25) is 0 Å². The Morgan fingerprint density at radius 1 is 0.760 bits per heavy atom.